The molecule has 106 valence electrons. The molecular weight excluding hydrogens is 254 g/mol. The fourth-order valence-electron chi connectivity index (χ4n) is 2.11. The first-order valence-electron chi connectivity index (χ1n) is 6.52. The van der Waals surface area contributed by atoms with Crippen molar-refractivity contribution in [3.63, 3.8) is 0 Å². The number of phenolic OH excluding ortho intramolecular Hbond substituents is 1. The van der Waals surface area contributed by atoms with E-state index in [1.807, 2.05) is 31.0 Å². The van der Waals surface area contributed by atoms with Crippen molar-refractivity contribution < 1.29 is 14.3 Å². The Morgan fingerprint density at radius 2 is 2.00 bits per heavy atom. The number of carbonyl (C=O) groups is 1. The van der Waals surface area contributed by atoms with Crippen LogP contribution in [0.25, 0.3) is 0 Å². The number of Topliss-reactive ketones (excluding diaryl/α,β-unsaturated/α-hetero) is 1. The van der Waals surface area contributed by atoms with Gasteiger partial charge in [0.1, 0.15) is 17.3 Å². The van der Waals surface area contributed by atoms with Crippen molar-refractivity contribution in [3.05, 3.63) is 53.0 Å². The first-order chi connectivity index (χ1) is 9.45. The molecule has 0 bridgehead atoms. The van der Waals surface area contributed by atoms with Crippen molar-refractivity contribution in [1.82, 2.24) is 4.90 Å². The Labute approximate surface area is 118 Å². The van der Waals surface area contributed by atoms with E-state index >= 15 is 0 Å². The molecule has 2 aromatic rings. The van der Waals surface area contributed by atoms with Crippen LogP contribution in [0.15, 0.2) is 34.7 Å². The van der Waals surface area contributed by atoms with Crippen LogP contribution in [0.3, 0.4) is 0 Å². The molecule has 0 fully saturated rings. The molecule has 4 nitrogen and oxygen atoms in total. The second-order valence-corrected chi connectivity index (χ2v) is 5.08. The maximum atomic E-state index is 11.4. The number of aromatic hydroxyl groups is 1. The van der Waals surface area contributed by atoms with Crippen LogP contribution in [-0.4, -0.2) is 22.8 Å². The summed E-state index contributed by atoms with van der Waals surface area (Å²) in [6, 6.07) is 8.81. The first kappa shape index (κ1) is 14.3. The summed E-state index contributed by atoms with van der Waals surface area (Å²) in [6.07, 6.45) is 0. The van der Waals surface area contributed by atoms with Crippen LogP contribution in [-0.2, 0) is 13.1 Å². The van der Waals surface area contributed by atoms with Gasteiger partial charge in [-0.2, -0.15) is 0 Å². The van der Waals surface area contributed by atoms with E-state index in [2.05, 4.69) is 0 Å². The molecule has 1 aromatic heterocycles. The maximum absolute atomic E-state index is 11.4. The van der Waals surface area contributed by atoms with E-state index in [1.165, 1.54) is 6.92 Å². The van der Waals surface area contributed by atoms with E-state index in [0.29, 0.717) is 18.7 Å². The van der Waals surface area contributed by atoms with Crippen LogP contribution in [0.5, 0.6) is 5.75 Å². The van der Waals surface area contributed by atoms with Gasteiger partial charge in [-0.1, -0.05) is 0 Å². The molecule has 2 rings (SSSR count). The Hall–Kier alpha value is -2.07. The zero-order valence-electron chi connectivity index (χ0n) is 12.0. The van der Waals surface area contributed by atoms with Gasteiger partial charge in [-0.25, -0.2) is 0 Å². The molecule has 1 aromatic carbocycles. The highest BCUT2D eigenvalue weighted by Gasteiger charge is 2.10. The van der Waals surface area contributed by atoms with Gasteiger partial charge < -0.3 is 9.52 Å². The molecule has 0 atom stereocenters. The summed E-state index contributed by atoms with van der Waals surface area (Å²) < 4.78 is 5.53. The molecule has 0 radical (unpaired) electrons. The van der Waals surface area contributed by atoms with Crippen LogP contribution in [0.4, 0.5) is 0 Å². The minimum atomic E-state index is -0.00411. The third kappa shape index (κ3) is 3.48. The van der Waals surface area contributed by atoms with Crippen LogP contribution < -0.4 is 0 Å². The largest absolute Gasteiger partial charge is 0.508 e. The quantitative estimate of drug-likeness (QED) is 0.850. The molecule has 0 saturated carbocycles. The lowest BCUT2D eigenvalue weighted by Gasteiger charge is -2.16. The summed E-state index contributed by atoms with van der Waals surface area (Å²) in [4.78, 5) is 13.4. The summed E-state index contributed by atoms with van der Waals surface area (Å²) in [7, 11) is 1.94. The molecule has 0 spiro atoms. The Morgan fingerprint density at radius 1 is 1.25 bits per heavy atom. The van der Waals surface area contributed by atoms with E-state index < -0.39 is 0 Å². The number of hydrogen-bond donors (Lipinski definition) is 1. The number of benzene rings is 1. The third-order valence-corrected chi connectivity index (χ3v) is 3.15. The number of nitrogens with zero attached hydrogens (tertiary/aromatic N) is 1. The first-order valence-corrected chi connectivity index (χ1v) is 6.52. The van der Waals surface area contributed by atoms with Crippen LogP contribution >= 0.6 is 0 Å². The van der Waals surface area contributed by atoms with Gasteiger partial charge in [-0.15, -0.1) is 0 Å². The van der Waals surface area contributed by atoms with Crippen molar-refractivity contribution in [1.29, 1.82) is 0 Å². The van der Waals surface area contributed by atoms with Gasteiger partial charge in [-0.05, 0) is 51.2 Å². The van der Waals surface area contributed by atoms with Crippen LogP contribution in [0, 0.1) is 6.92 Å². The number of phenols is 1. The predicted molar refractivity (Wildman–Crippen MR) is 76.7 cm³/mol. The number of furan rings is 1. The van der Waals surface area contributed by atoms with Gasteiger partial charge in [0, 0.05) is 17.7 Å². The van der Waals surface area contributed by atoms with Gasteiger partial charge in [0.05, 0.1) is 6.54 Å². The van der Waals surface area contributed by atoms with E-state index in [9.17, 15) is 9.90 Å². The molecule has 0 aliphatic heterocycles. The topological polar surface area (TPSA) is 53.7 Å². The van der Waals surface area contributed by atoms with E-state index in [-0.39, 0.29) is 11.5 Å². The Kier molecular flexibility index (Phi) is 4.25. The van der Waals surface area contributed by atoms with Crippen LogP contribution in [0.1, 0.15) is 34.4 Å². The molecule has 4 heteroatoms. The molecule has 1 heterocycles. The summed E-state index contributed by atoms with van der Waals surface area (Å²) in [5.41, 5.74) is 1.35. The Bertz CT molecular complexity index is 616. The van der Waals surface area contributed by atoms with E-state index in [4.69, 9.17) is 4.42 Å². The van der Waals surface area contributed by atoms with Crippen LogP contribution in [0.2, 0.25) is 0 Å². The highest BCUT2D eigenvalue weighted by Crippen LogP contribution is 2.21. The molecule has 1 N–H and O–H groups in total. The minimum Gasteiger partial charge on any atom is -0.508 e. The Balaban J connectivity index is 2.08. The van der Waals surface area contributed by atoms with E-state index in [1.54, 1.807) is 18.2 Å². The molecule has 0 saturated heterocycles. The van der Waals surface area contributed by atoms with E-state index in [0.717, 1.165) is 17.1 Å². The fourth-order valence-corrected chi connectivity index (χ4v) is 2.11. The molecule has 0 aliphatic carbocycles. The average molecular weight is 273 g/mol. The number of ketones is 1. The third-order valence-electron chi connectivity index (χ3n) is 3.15. The van der Waals surface area contributed by atoms with Crippen molar-refractivity contribution in [3.8, 4) is 5.75 Å². The maximum Gasteiger partial charge on any atom is 0.159 e. The Morgan fingerprint density at radius 3 is 2.60 bits per heavy atom. The molecule has 0 amide bonds. The summed E-state index contributed by atoms with van der Waals surface area (Å²) in [6.45, 7) is 4.63. The molecule has 0 aliphatic rings. The second kappa shape index (κ2) is 5.92. The van der Waals surface area contributed by atoms with Gasteiger partial charge in [0.15, 0.2) is 5.78 Å². The van der Waals surface area contributed by atoms with Crippen molar-refractivity contribution >= 4 is 5.78 Å². The van der Waals surface area contributed by atoms with Gasteiger partial charge in [-0.3, -0.25) is 9.69 Å². The zero-order chi connectivity index (χ0) is 14.7. The van der Waals surface area contributed by atoms with Gasteiger partial charge >= 0.3 is 0 Å². The lowest BCUT2D eigenvalue weighted by atomic mass is 10.1. The molecule has 20 heavy (non-hydrogen) atoms. The van der Waals surface area contributed by atoms with Crippen molar-refractivity contribution in [2.24, 2.45) is 0 Å². The minimum absolute atomic E-state index is 0.00411. The van der Waals surface area contributed by atoms with Gasteiger partial charge in [0.2, 0.25) is 0 Å². The van der Waals surface area contributed by atoms with Crippen molar-refractivity contribution in [2.45, 2.75) is 26.9 Å². The van der Waals surface area contributed by atoms with Gasteiger partial charge in [0.25, 0.3) is 0 Å². The normalized spacial score (nSPS) is 11.0. The summed E-state index contributed by atoms with van der Waals surface area (Å²) in [5, 5.41) is 9.87. The summed E-state index contributed by atoms with van der Waals surface area (Å²) in [5.74, 6) is 1.97. The molecule has 0 unspecified atom stereocenters. The lowest BCUT2D eigenvalue weighted by molar-refractivity contribution is 0.101. The molecular formula is C16H19NO3. The number of hydrogen-bond acceptors (Lipinski definition) is 4. The predicted octanol–water partition coefficient (Wildman–Crippen LogP) is 3.13. The average Bonchev–Trinajstić information content (AvgIpc) is 2.77. The summed E-state index contributed by atoms with van der Waals surface area (Å²) >= 11 is 0. The lowest BCUT2D eigenvalue weighted by Crippen LogP contribution is -2.17. The monoisotopic (exact) mass is 273 g/mol. The van der Waals surface area contributed by atoms with Crippen molar-refractivity contribution in [2.75, 3.05) is 7.05 Å². The number of carbonyl (C=O) groups excluding carboxylic acids is 1. The SMILES string of the molecule is CC(=O)c1ccc(O)c(CN(C)Cc2ccc(C)o2)c1. The highest BCUT2D eigenvalue weighted by molar-refractivity contribution is 5.94. The smallest absolute Gasteiger partial charge is 0.159 e. The highest BCUT2D eigenvalue weighted by atomic mass is 16.3. The standard InChI is InChI=1S/C16H19NO3/c1-11-4-6-15(20-11)10-17(3)9-14-8-13(12(2)18)5-7-16(14)19/h4-8,19H,9-10H2,1-3H3. The second-order valence-electron chi connectivity index (χ2n) is 5.08. The zero-order valence-corrected chi connectivity index (χ0v) is 12.0. The fraction of sp³-hybridized carbons (Fsp3) is 0.312. The number of aryl methyl sites for hydroxylation is 1. The number of rotatable bonds is 5.